The summed E-state index contributed by atoms with van der Waals surface area (Å²) in [6.45, 7) is 13.7. The molecule has 0 bridgehead atoms. The van der Waals surface area contributed by atoms with Gasteiger partial charge in [0.25, 0.3) is 0 Å². The monoisotopic (exact) mass is 320 g/mol. The topological polar surface area (TPSA) is 0 Å². The van der Waals surface area contributed by atoms with Gasteiger partial charge in [-0.25, -0.2) is 0 Å². The zero-order valence-electron chi connectivity index (χ0n) is 12.9. The van der Waals surface area contributed by atoms with Gasteiger partial charge in [-0.15, -0.1) is 0 Å². The second kappa shape index (κ2) is 5.31. The van der Waals surface area contributed by atoms with Crippen LogP contribution in [0.15, 0.2) is 24.3 Å². The van der Waals surface area contributed by atoms with Crippen LogP contribution in [0.3, 0.4) is 0 Å². The van der Waals surface area contributed by atoms with Crippen molar-refractivity contribution < 1.29 is 0 Å². The fraction of sp³-hybridized carbons (Fsp3) is 0.444. The molecule has 0 radical (unpaired) electrons. The first-order chi connectivity index (χ1) is 8.78. The van der Waals surface area contributed by atoms with E-state index in [1.54, 1.807) is 8.87 Å². The minimum atomic E-state index is 0.364. The summed E-state index contributed by atoms with van der Waals surface area (Å²) in [4.78, 5) is 0. The first-order valence-electron chi connectivity index (χ1n) is 6.94. The van der Waals surface area contributed by atoms with Crippen LogP contribution in [0.2, 0.25) is 0 Å². The van der Waals surface area contributed by atoms with E-state index in [9.17, 15) is 0 Å². The summed E-state index contributed by atoms with van der Waals surface area (Å²) < 4.78 is 3.16. The fourth-order valence-corrected chi connectivity index (χ4v) is 4.86. The van der Waals surface area contributed by atoms with Gasteiger partial charge in [0.1, 0.15) is 0 Å². The zero-order chi connectivity index (χ0) is 14.2. The molecule has 0 aliphatic heterocycles. The summed E-state index contributed by atoms with van der Waals surface area (Å²) >= 11 is 0.527. The van der Waals surface area contributed by atoms with Crippen LogP contribution < -0.4 is 0 Å². The Balaban J connectivity index is 2.30. The van der Waals surface area contributed by atoms with Gasteiger partial charge in [0, 0.05) is 0 Å². The Morgan fingerprint density at radius 3 is 1.89 bits per heavy atom. The van der Waals surface area contributed by atoms with Crippen molar-refractivity contribution in [2.24, 2.45) is 5.41 Å². The van der Waals surface area contributed by atoms with E-state index in [4.69, 9.17) is 0 Å². The molecule has 0 atom stereocenters. The summed E-state index contributed by atoms with van der Waals surface area (Å²) in [5, 5.41) is 0. The Morgan fingerprint density at radius 2 is 1.47 bits per heavy atom. The average molecular weight is 319 g/mol. The van der Waals surface area contributed by atoms with E-state index in [0.29, 0.717) is 19.9 Å². The Hall–Kier alpha value is -0.781. The van der Waals surface area contributed by atoms with E-state index in [1.165, 1.54) is 22.3 Å². The van der Waals surface area contributed by atoms with Gasteiger partial charge in [-0.1, -0.05) is 0 Å². The Bertz CT molecular complexity index is 565. The molecule has 0 unspecified atom stereocenters. The van der Waals surface area contributed by atoms with Crippen LogP contribution in [0.4, 0.5) is 0 Å². The molecule has 1 aromatic heterocycles. The van der Waals surface area contributed by atoms with Crippen LogP contribution in [0, 0.1) is 26.2 Å². The molecule has 1 aromatic carbocycles. The van der Waals surface area contributed by atoms with Gasteiger partial charge < -0.3 is 0 Å². The van der Waals surface area contributed by atoms with Crippen molar-refractivity contribution in [3.05, 3.63) is 45.4 Å². The standard InChI is InChI=1S/C18H24Se/c1-12-13(2)17(19-14(12)3)16-9-7-15(8-10-16)11-18(4,5)6/h7-10H,11H2,1-6H3. The predicted molar refractivity (Wildman–Crippen MR) is 86.2 cm³/mol. The van der Waals surface area contributed by atoms with Crippen molar-refractivity contribution in [1.29, 1.82) is 0 Å². The molecule has 0 aliphatic carbocycles. The maximum atomic E-state index is 2.31. The summed E-state index contributed by atoms with van der Waals surface area (Å²) in [6.07, 6.45) is 1.15. The van der Waals surface area contributed by atoms with E-state index in [0.717, 1.165) is 6.42 Å². The van der Waals surface area contributed by atoms with Gasteiger partial charge in [0.2, 0.25) is 0 Å². The Labute approximate surface area is 123 Å². The Kier molecular flexibility index (Phi) is 4.08. The third-order valence-electron chi connectivity index (χ3n) is 3.64. The van der Waals surface area contributed by atoms with E-state index in [2.05, 4.69) is 65.8 Å². The Morgan fingerprint density at radius 1 is 0.895 bits per heavy atom. The molecule has 19 heavy (non-hydrogen) atoms. The quantitative estimate of drug-likeness (QED) is 0.689. The molecule has 2 aromatic rings. The molecule has 0 amide bonds. The molecule has 0 saturated heterocycles. The average Bonchev–Trinajstić information content (AvgIpc) is 2.56. The van der Waals surface area contributed by atoms with Crippen molar-refractivity contribution >= 4 is 14.5 Å². The van der Waals surface area contributed by atoms with Gasteiger partial charge >= 0.3 is 123 Å². The molecular formula is C18H24Se. The number of hydrogen-bond donors (Lipinski definition) is 0. The third-order valence-corrected chi connectivity index (χ3v) is 6.49. The molecule has 102 valence electrons. The van der Waals surface area contributed by atoms with Crippen molar-refractivity contribution in [1.82, 2.24) is 0 Å². The minimum absolute atomic E-state index is 0.364. The summed E-state index contributed by atoms with van der Waals surface area (Å²) in [5.74, 6) is 0. The molecule has 1 heterocycles. The third kappa shape index (κ3) is 3.41. The van der Waals surface area contributed by atoms with Crippen molar-refractivity contribution in [3.63, 3.8) is 0 Å². The molecule has 0 N–H and O–H groups in total. The predicted octanol–water partition coefficient (Wildman–Crippen LogP) is 4.92. The van der Waals surface area contributed by atoms with E-state index in [-0.39, 0.29) is 0 Å². The fourth-order valence-electron chi connectivity index (χ4n) is 2.40. The normalized spacial score (nSPS) is 11.9. The summed E-state index contributed by atoms with van der Waals surface area (Å²) in [5.41, 5.74) is 6.24. The molecule has 1 heteroatoms. The van der Waals surface area contributed by atoms with Crippen LogP contribution >= 0.6 is 0 Å². The maximum absolute atomic E-state index is 2.31. The molecule has 0 aliphatic rings. The summed E-state index contributed by atoms with van der Waals surface area (Å²) in [7, 11) is 0. The molecule has 0 spiro atoms. The molecule has 0 fully saturated rings. The van der Waals surface area contributed by atoms with Crippen LogP contribution in [0.1, 0.15) is 41.9 Å². The zero-order valence-corrected chi connectivity index (χ0v) is 14.6. The van der Waals surface area contributed by atoms with Crippen LogP contribution in [0.25, 0.3) is 10.0 Å². The van der Waals surface area contributed by atoms with Crippen molar-refractivity contribution in [2.75, 3.05) is 0 Å². The molecule has 2 rings (SSSR count). The van der Waals surface area contributed by atoms with Gasteiger partial charge in [0.15, 0.2) is 0 Å². The van der Waals surface area contributed by atoms with Crippen LogP contribution in [-0.4, -0.2) is 14.5 Å². The number of hydrogen-bond acceptors (Lipinski definition) is 0. The van der Waals surface area contributed by atoms with Gasteiger partial charge in [-0.05, 0) is 0 Å². The second-order valence-electron chi connectivity index (χ2n) is 6.67. The first kappa shape index (κ1) is 14.6. The van der Waals surface area contributed by atoms with E-state index >= 15 is 0 Å². The number of aryl methyl sites for hydroxylation is 1. The van der Waals surface area contributed by atoms with Crippen LogP contribution in [-0.2, 0) is 6.42 Å². The van der Waals surface area contributed by atoms with Crippen molar-refractivity contribution in [2.45, 2.75) is 48.0 Å². The number of rotatable bonds is 2. The van der Waals surface area contributed by atoms with Gasteiger partial charge in [-0.3, -0.25) is 0 Å². The van der Waals surface area contributed by atoms with Crippen LogP contribution in [0.5, 0.6) is 0 Å². The number of benzene rings is 1. The van der Waals surface area contributed by atoms with E-state index in [1.807, 2.05) is 0 Å². The summed E-state index contributed by atoms with van der Waals surface area (Å²) in [6, 6.07) is 9.24. The first-order valence-corrected chi connectivity index (χ1v) is 8.65. The van der Waals surface area contributed by atoms with E-state index < -0.39 is 0 Å². The van der Waals surface area contributed by atoms with Gasteiger partial charge in [0.05, 0.1) is 0 Å². The molecular weight excluding hydrogens is 295 g/mol. The van der Waals surface area contributed by atoms with Crippen molar-refractivity contribution in [3.8, 4) is 10.0 Å². The molecule has 0 saturated carbocycles. The molecule has 0 nitrogen and oxygen atoms in total. The SMILES string of the molecule is Cc1[se]c(-c2ccc(CC(C)(C)C)cc2)c(C)c1C. The van der Waals surface area contributed by atoms with Gasteiger partial charge in [-0.2, -0.15) is 0 Å². The second-order valence-corrected chi connectivity index (χ2v) is 9.24.